The largest absolute Gasteiger partial charge is 0.415 e. The van der Waals surface area contributed by atoms with Gasteiger partial charge in [0.15, 0.2) is 6.10 Å². The van der Waals surface area contributed by atoms with Gasteiger partial charge in [0.05, 0.1) is 18.5 Å². The maximum Gasteiger partial charge on any atom is 0.415 e. The van der Waals surface area contributed by atoms with Crippen LogP contribution < -0.4 is 0 Å². The van der Waals surface area contributed by atoms with Gasteiger partial charge in [0.1, 0.15) is 0 Å². The molecule has 0 saturated carbocycles. The van der Waals surface area contributed by atoms with Crippen LogP contribution in [0, 0.1) is 0 Å². The van der Waals surface area contributed by atoms with E-state index in [9.17, 15) is 21.6 Å². The molecule has 0 aliphatic carbocycles. The maximum absolute atomic E-state index is 12.5. The third kappa shape index (κ3) is 4.31. The van der Waals surface area contributed by atoms with Crippen molar-refractivity contribution in [1.82, 2.24) is 9.21 Å². The van der Waals surface area contributed by atoms with E-state index in [1.165, 1.54) is 9.21 Å². The Kier molecular flexibility index (Phi) is 5.70. The summed E-state index contributed by atoms with van der Waals surface area (Å²) in [5.41, 5.74) is 0. The number of hydrogen-bond acceptors (Lipinski definition) is 5. The average Bonchev–Trinajstić information content (AvgIpc) is 2.47. The number of morpholine rings is 1. The summed E-state index contributed by atoms with van der Waals surface area (Å²) in [7, 11) is -3.54. The van der Waals surface area contributed by atoms with Crippen LogP contribution in [0.1, 0.15) is 12.8 Å². The molecule has 1 N–H and O–H groups in total. The highest BCUT2D eigenvalue weighted by atomic mass is 32.2. The van der Waals surface area contributed by atoms with Gasteiger partial charge in [0, 0.05) is 26.2 Å². The van der Waals surface area contributed by atoms with Gasteiger partial charge in [0.25, 0.3) is 0 Å². The van der Waals surface area contributed by atoms with Crippen molar-refractivity contribution in [2.75, 3.05) is 45.9 Å². The second kappa shape index (κ2) is 7.00. The van der Waals surface area contributed by atoms with Crippen LogP contribution in [0.4, 0.5) is 13.2 Å². The number of hydrogen-bond donors (Lipinski definition) is 1. The number of piperidine rings is 1. The number of sulfonamides is 1. The molecule has 6 nitrogen and oxygen atoms in total. The molecule has 0 aromatic heterocycles. The Morgan fingerprint density at radius 1 is 1.23 bits per heavy atom. The molecule has 10 heteroatoms. The molecule has 0 amide bonds. The van der Waals surface area contributed by atoms with E-state index in [4.69, 9.17) is 9.84 Å². The zero-order valence-electron chi connectivity index (χ0n) is 12.1. The average molecular weight is 346 g/mol. The summed E-state index contributed by atoms with van der Waals surface area (Å²) in [5.74, 6) is 0. The second-order valence-corrected chi connectivity index (χ2v) is 7.85. The molecule has 2 saturated heterocycles. The van der Waals surface area contributed by atoms with Crippen molar-refractivity contribution in [1.29, 1.82) is 0 Å². The molecule has 2 aliphatic rings. The summed E-state index contributed by atoms with van der Waals surface area (Å²) in [6, 6.07) is 0. The minimum Gasteiger partial charge on any atom is -0.382 e. The van der Waals surface area contributed by atoms with E-state index >= 15 is 0 Å². The van der Waals surface area contributed by atoms with Crippen molar-refractivity contribution in [3.8, 4) is 0 Å². The van der Waals surface area contributed by atoms with E-state index < -0.39 is 34.1 Å². The maximum atomic E-state index is 12.5. The molecular weight excluding hydrogens is 325 g/mol. The molecule has 0 bridgehead atoms. The Morgan fingerprint density at radius 2 is 1.86 bits per heavy atom. The molecule has 130 valence electrons. The molecule has 0 aromatic rings. The second-order valence-electron chi connectivity index (χ2n) is 5.64. The van der Waals surface area contributed by atoms with Gasteiger partial charge in [-0.05, 0) is 19.4 Å². The number of halogens is 3. The van der Waals surface area contributed by atoms with Crippen molar-refractivity contribution in [3.05, 3.63) is 0 Å². The molecule has 2 rings (SSSR count). The fourth-order valence-electron chi connectivity index (χ4n) is 2.78. The van der Waals surface area contributed by atoms with E-state index in [-0.39, 0.29) is 19.6 Å². The van der Waals surface area contributed by atoms with Crippen molar-refractivity contribution in [2.24, 2.45) is 0 Å². The Hall–Kier alpha value is -0.420. The number of ether oxygens (including phenoxy) is 1. The number of likely N-dealkylation sites (tertiary alicyclic amines) is 1. The van der Waals surface area contributed by atoms with Gasteiger partial charge in [0.2, 0.25) is 10.0 Å². The lowest BCUT2D eigenvalue weighted by Gasteiger charge is -2.37. The summed E-state index contributed by atoms with van der Waals surface area (Å²) in [4.78, 5) is 1.38. The van der Waals surface area contributed by atoms with E-state index in [1.807, 2.05) is 0 Å². The molecule has 2 atom stereocenters. The predicted molar refractivity (Wildman–Crippen MR) is 72.8 cm³/mol. The quantitative estimate of drug-likeness (QED) is 0.778. The van der Waals surface area contributed by atoms with Gasteiger partial charge in [-0.25, -0.2) is 8.42 Å². The minimum absolute atomic E-state index is 0.0207. The zero-order chi connectivity index (χ0) is 16.4. The first-order chi connectivity index (χ1) is 10.2. The number of nitrogens with zero attached hydrogens (tertiary/aromatic N) is 2. The van der Waals surface area contributed by atoms with Gasteiger partial charge in [-0.1, -0.05) is 0 Å². The summed E-state index contributed by atoms with van der Waals surface area (Å²) < 4.78 is 68.8. The number of aliphatic hydroxyl groups excluding tert-OH is 1. The molecule has 0 radical (unpaired) electrons. The highest BCUT2D eigenvalue weighted by Crippen LogP contribution is 2.25. The van der Waals surface area contributed by atoms with Gasteiger partial charge in [-0.2, -0.15) is 17.5 Å². The topological polar surface area (TPSA) is 70.1 Å². The van der Waals surface area contributed by atoms with Crippen molar-refractivity contribution in [2.45, 2.75) is 30.4 Å². The molecule has 0 aromatic carbocycles. The lowest BCUT2D eigenvalue weighted by molar-refractivity contribution is -0.208. The van der Waals surface area contributed by atoms with Crippen LogP contribution in [-0.2, 0) is 14.8 Å². The summed E-state index contributed by atoms with van der Waals surface area (Å²) >= 11 is 0. The van der Waals surface area contributed by atoms with Crippen LogP contribution in [0.25, 0.3) is 0 Å². The molecular formula is C12H21F3N2O4S. The molecule has 22 heavy (non-hydrogen) atoms. The number of rotatable bonds is 4. The first-order valence-electron chi connectivity index (χ1n) is 7.25. The first kappa shape index (κ1) is 17.9. The molecule has 2 unspecified atom stereocenters. The lowest BCUT2D eigenvalue weighted by Crippen LogP contribution is -2.52. The Morgan fingerprint density at radius 3 is 2.45 bits per heavy atom. The van der Waals surface area contributed by atoms with Gasteiger partial charge in [-0.3, -0.25) is 4.90 Å². The van der Waals surface area contributed by atoms with Crippen LogP contribution in [0.3, 0.4) is 0 Å². The monoisotopic (exact) mass is 346 g/mol. The predicted octanol–water partition coefficient (Wildman–Crippen LogP) is 0.0360. The van der Waals surface area contributed by atoms with E-state index in [0.29, 0.717) is 32.6 Å². The third-order valence-corrected chi connectivity index (χ3v) is 6.33. The normalized spacial score (nSPS) is 27.7. The highest BCUT2D eigenvalue weighted by molar-refractivity contribution is 7.89. The summed E-state index contributed by atoms with van der Waals surface area (Å²) in [6.07, 6.45) is -6.20. The highest BCUT2D eigenvalue weighted by Gasteiger charge is 2.41. The zero-order valence-corrected chi connectivity index (χ0v) is 12.9. The fourth-order valence-corrected chi connectivity index (χ4v) is 4.73. The lowest BCUT2D eigenvalue weighted by atomic mass is 10.1. The molecule has 0 spiro atoms. The van der Waals surface area contributed by atoms with Gasteiger partial charge in [-0.15, -0.1) is 0 Å². The smallest absolute Gasteiger partial charge is 0.382 e. The Balaban J connectivity index is 1.97. The van der Waals surface area contributed by atoms with Crippen LogP contribution in [0.15, 0.2) is 0 Å². The SMILES string of the molecule is O=S(=O)(C1CCCN(CC(O)C(F)(F)F)C1)N1CCOCC1. The Labute approximate surface area is 127 Å². The number of alkyl halides is 3. The van der Waals surface area contributed by atoms with E-state index in [0.717, 1.165) is 0 Å². The minimum atomic E-state index is -4.68. The summed E-state index contributed by atoms with van der Waals surface area (Å²) in [6.45, 7) is 1.03. The number of aliphatic hydroxyl groups is 1. The van der Waals surface area contributed by atoms with Crippen LogP contribution in [-0.4, -0.2) is 86.2 Å². The fraction of sp³-hybridized carbons (Fsp3) is 1.00. The van der Waals surface area contributed by atoms with Crippen LogP contribution in [0.5, 0.6) is 0 Å². The molecule has 2 fully saturated rings. The Bertz CT molecular complexity index is 465. The van der Waals surface area contributed by atoms with Crippen molar-refractivity contribution < 1.29 is 31.4 Å². The molecule has 2 heterocycles. The standard InChI is InChI=1S/C12H21F3N2O4S/c13-12(14,15)11(18)9-16-3-1-2-10(8-16)22(19,20)17-4-6-21-7-5-17/h10-11,18H,1-9H2. The van der Waals surface area contributed by atoms with Crippen molar-refractivity contribution in [3.63, 3.8) is 0 Å². The number of β-amino-alcohol motifs (C(OH)–C–C–N with tert-alkyl or cyclic N) is 1. The van der Waals surface area contributed by atoms with E-state index in [2.05, 4.69) is 0 Å². The van der Waals surface area contributed by atoms with Crippen molar-refractivity contribution >= 4 is 10.0 Å². The summed E-state index contributed by atoms with van der Waals surface area (Å²) in [5, 5.41) is 8.41. The van der Waals surface area contributed by atoms with Gasteiger partial charge >= 0.3 is 6.18 Å². The molecule has 2 aliphatic heterocycles. The first-order valence-corrected chi connectivity index (χ1v) is 8.75. The van der Waals surface area contributed by atoms with Gasteiger partial charge < -0.3 is 9.84 Å². The van der Waals surface area contributed by atoms with E-state index in [1.54, 1.807) is 0 Å². The van der Waals surface area contributed by atoms with Crippen LogP contribution >= 0.6 is 0 Å². The van der Waals surface area contributed by atoms with Crippen LogP contribution in [0.2, 0.25) is 0 Å². The third-order valence-electron chi connectivity index (χ3n) is 4.02.